The van der Waals surface area contributed by atoms with Crippen LogP contribution in [-0.4, -0.2) is 17.9 Å². The Hall–Kier alpha value is -2.53. The summed E-state index contributed by atoms with van der Waals surface area (Å²) in [4.78, 5) is 24.2. The molecule has 0 heterocycles. The summed E-state index contributed by atoms with van der Waals surface area (Å²) in [5.74, 6) is 0.272. The predicted octanol–water partition coefficient (Wildman–Crippen LogP) is 4.01. The fourth-order valence-electron chi connectivity index (χ4n) is 2.52. The Morgan fingerprint density at radius 2 is 1.70 bits per heavy atom. The maximum absolute atomic E-state index is 12.2. The van der Waals surface area contributed by atoms with Crippen molar-refractivity contribution in [3.05, 3.63) is 64.7 Å². The van der Waals surface area contributed by atoms with Gasteiger partial charge in [0, 0.05) is 5.02 Å². The summed E-state index contributed by atoms with van der Waals surface area (Å²) < 4.78 is 5.82. The van der Waals surface area contributed by atoms with Crippen molar-refractivity contribution in [1.29, 1.82) is 0 Å². The summed E-state index contributed by atoms with van der Waals surface area (Å²) >= 11 is 5.82. The van der Waals surface area contributed by atoms with Gasteiger partial charge in [-0.15, -0.1) is 0 Å². The molecule has 0 saturated carbocycles. The molecule has 0 saturated heterocycles. The minimum absolute atomic E-state index is 0.142. The van der Waals surface area contributed by atoms with Crippen LogP contribution in [0.3, 0.4) is 0 Å². The van der Waals surface area contributed by atoms with Crippen molar-refractivity contribution >= 4 is 23.4 Å². The fraction of sp³-hybridized carbons (Fsp3) is 0.333. The van der Waals surface area contributed by atoms with Crippen molar-refractivity contribution in [2.45, 2.75) is 45.6 Å². The van der Waals surface area contributed by atoms with Crippen molar-refractivity contribution < 1.29 is 14.3 Å². The number of amides is 2. The van der Waals surface area contributed by atoms with E-state index in [9.17, 15) is 9.59 Å². The molecule has 27 heavy (non-hydrogen) atoms. The first-order valence-corrected chi connectivity index (χ1v) is 9.37. The minimum atomic E-state index is -0.744. The number of hydrazine groups is 1. The molecule has 0 aliphatic rings. The monoisotopic (exact) mass is 388 g/mol. The Labute approximate surface area is 165 Å². The molecule has 0 aliphatic carbocycles. The summed E-state index contributed by atoms with van der Waals surface area (Å²) in [6, 6.07) is 14.6. The molecule has 0 aromatic heterocycles. The number of carbonyl (C=O) groups is 2. The third kappa shape index (κ3) is 6.29. The quantitative estimate of drug-likeness (QED) is 0.704. The number of carbonyl (C=O) groups excluding carboxylic acids is 2. The van der Waals surface area contributed by atoms with Crippen LogP contribution in [0.1, 0.15) is 44.2 Å². The molecule has 0 fully saturated rings. The number of halogens is 1. The lowest BCUT2D eigenvalue weighted by Crippen LogP contribution is -2.47. The van der Waals surface area contributed by atoms with Crippen LogP contribution in [0.5, 0.6) is 5.75 Å². The third-order valence-corrected chi connectivity index (χ3v) is 4.59. The average molecular weight is 389 g/mol. The topological polar surface area (TPSA) is 67.4 Å². The first kappa shape index (κ1) is 20.8. The fourth-order valence-corrected chi connectivity index (χ4v) is 2.65. The highest BCUT2D eigenvalue weighted by molar-refractivity contribution is 6.30. The maximum atomic E-state index is 12.2. The van der Waals surface area contributed by atoms with Crippen molar-refractivity contribution in [1.82, 2.24) is 10.9 Å². The van der Waals surface area contributed by atoms with E-state index < -0.39 is 12.0 Å². The average Bonchev–Trinajstić information content (AvgIpc) is 2.67. The molecule has 2 aromatic carbocycles. The van der Waals surface area contributed by atoms with Crippen LogP contribution in [0.4, 0.5) is 0 Å². The SMILES string of the molecule is CCC(C)c1ccccc1OC(C)C(=O)NNC(=O)Cc1ccc(Cl)cc1. The highest BCUT2D eigenvalue weighted by Gasteiger charge is 2.18. The molecule has 0 aliphatic heterocycles. The molecular weight excluding hydrogens is 364 g/mol. The first-order valence-electron chi connectivity index (χ1n) is 8.99. The molecular formula is C21H25ClN2O3. The van der Waals surface area contributed by atoms with Crippen LogP contribution in [0.2, 0.25) is 5.02 Å². The van der Waals surface area contributed by atoms with E-state index in [1.54, 1.807) is 31.2 Å². The molecule has 0 spiro atoms. The van der Waals surface area contributed by atoms with Gasteiger partial charge in [-0.05, 0) is 48.6 Å². The van der Waals surface area contributed by atoms with Crippen molar-refractivity contribution in [3.8, 4) is 5.75 Å². The lowest BCUT2D eigenvalue weighted by atomic mass is 9.98. The van der Waals surface area contributed by atoms with E-state index in [0.717, 1.165) is 17.5 Å². The van der Waals surface area contributed by atoms with E-state index in [4.69, 9.17) is 16.3 Å². The summed E-state index contributed by atoms with van der Waals surface area (Å²) in [7, 11) is 0. The third-order valence-electron chi connectivity index (χ3n) is 4.34. The van der Waals surface area contributed by atoms with Gasteiger partial charge < -0.3 is 4.74 Å². The van der Waals surface area contributed by atoms with E-state index in [0.29, 0.717) is 16.7 Å². The number of hydrogen-bond donors (Lipinski definition) is 2. The van der Waals surface area contributed by atoms with Gasteiger partial charge in [-0.2, -0.15) is 0 Å². The summed E-state index contributed by atoms with van der Waals surface area (Å²) in [5, 5.41) is 0.608. The molecule has 144 valence electrons. The number of nitrogens with one attached hydrogen (secondary N) is 2. The van der Waals surface area contributed by atoms with Gasteiger partial charge in [0.25, 0.3) is 5.91 Å². The van der Waals surface area contributed by atoms with E-state index in [2.05, 4.69) is 24.7 Å². The summed E-state index contributed by atoms with van der Waals surface area (Å²) in [6.07, 6.45) is 0.372. The second-order valence-electron chi connectivity index (χ2n) is 6.45. The highest BCUT2D eigenvalue weighted by atomic mass is 35.5. The van der Waals surface area contributed by atoms with Crippen LogP contribution in [0.15, 0.2) is 48.5 Å². The summed E-state index contributed by atoms with van der Waals surface area (Å²) in [5.41, 5.74) is 6.68. The zero-order valence-electron chi connectivity index (χ0n) is 15.8. The molecule has 0 bridgehead atoms. The van der Waals surface area contributed by atoms with Gasteiger partial charge in [0.2, 0.25) is 5.91 Å². The second kappa shape index (κ2) is 9.97. The van der Waals surface area contributed by atoms with Gasteiger partial charge >= 0.3 is 0 Å². The smallest absolute Gasteiger partial charge is 0.279 e. The van der Waals surface area contributed by atoms with E-state index in [1.165, 1.54) is 0 Å². The normalized spacial score (nSPS) is 12.7. The molecule has 2 unspecified atom stereocenters. The molecule has 5 nitrogen and oxygen atoms in total. The number of rotatable bonds is 7. The Balaban J connectivity index is 1.87. The number of para-hydroxylation sites is 1. The molecule has 0 radical (unpaired) electrons. The lowest BCUT2D eigenvalue weighted by Gasteiger charge is -2.19. The van der Waals surface area contributed by atoms with E-state index >= 15 is 0 Å². The largest absolute Gasteiger partial charge is 0.481 e. The van der Waals surface area contributed by atoms with E-state index in [1.807, 2.05) is 24.3 Å². The van der Waals surface area contributed by atoms with Gasteiger partial charge in [-0.25, -0.2) is 0 Å². The van der Waals surface area contributed by atoms with Gasteiger partial charge in [-0.1, -0.05) is 55.8 Å². The first-order chi connectivity index (χ1) is 12.9. The van der Waals surface area contributed by atoms with Gasteiger partial charge in [-0.3, -0.25) is 20.4 Å². The van der Waals surface area contributed by atoms with Gasteiger partial charge in [0.05, 0.1) is 6.42 Å². The van der Waals surface area contributed by atoms with Crippen LogP contribution >= 0.6 is 11.6 Å². The highest BCUT2D eigenvalue weighted by Crippen LogP contribution is 2.29. The van der Waals surface area contributed by atoms with Gasteiger partial charge in [0.1, 0.15) is 5.75 Å². The van der Waals surface area contributed by atoms with Crippen LogP contribution in [0, 0.1) is 0 Å². The zero-order valence-corrected chi connectivity index (χ0v) is 16.5. The standard InChI is InChI=1S/C21H25ClN2O3/c1-4-14(2)18-7-5-6-8-19(18)27-15(3)21(26)24-23-20(25)13-16-9-11-17(22)12-10-16/h5-12,14-15H,4,13H2,1-3H3,(H,23,25)(H,24,26). The maximum Gasteiger partial charge on any atom is 0.279 e. The number of ether oxygens (including phenoxy) is 1. The van der Waals surface area contributed by atoms with Crippen LogP contribution in [-0.2, 0) is 16.0 Å². The second-order valence-corrected chi connectivity index (χ2v) is 6.88. The Kier molecular flexibility index (Phi) is 7.67. The predicted molar refractivity (Wildman–Crippen MR) is 107 cm³/mol. The number of benzene rings is 2. The Bertz CT molecular complexity index is 777. The van der Waals surface area contributed by atoms with Crippen molar-refractivity contribution in [3.63, 3.8) is 0 Å². The molecule has 2 N–H and O–H groups in total. The lowest BCUT2D eigenvalue weighted by molar-refractivity contribution is -0.132. The molecule has 6 heteroatoms. The van der Waals surface area contributed by atoms with Gasteiger partial charge in [0.15, 0.2) is 6.10 Å². The van der Waals surface area contributed by atoms with Crippen LogP contribution in [0.25, 0.3) is 0 Å². The minimum Gasteiger partial charge on any atom is -0.481 e. The number of hydrogen-bond acceptors (Lipinski definition) is 3. The molecule has 2 amide bonds. The zero-order chi connectivity index (χ0) is 19.8. The summed E-state index contributed by atoms with van der Waals surface area (Å²) in [6.45, 7) is 5.87. The van der Waals surface area contributed by atoms with Crippen molar-refractivity contribution in [2.75, 3.05) is 0 Å². The molecule has 2 aromatic rings. The van der Waals surface area contributed by atoms with Crippen molar-refractivity contribution in [2.24, 2.45) is 0 Å². The van der Waals surface area contributed by atoms with Crippen LogP contribution < -0.4 is 15.6 Å². The van der Waals surface area contributed by atoms with E-state index in [-0.39, 0.29) is 12.3 Å². The molecule has 2 atom stereocenters. The Morgan fingerprint density at radius 1 is 1.04 bits per heavy atom. The molecule has 2 rings (SSSR count). The Morgan fingerprint density at radius 3 is 2.37 bits per heavy atom.